The van der Waals surface area contributed by atoms with Gasteiger partial charge < -0.3 is 0 Å². The van der Waals surface area contributed by atoms with Gasteiger partial charge in [-0.15, -0.1) is 0 Å². The molecule has 4 nitrogen and oxygen atoms in total. The summed E-state index contributed by atoms with van der Waals surface area (Å²) in [5.41, 5.74) is 2.21. The summed E-state index contributed by atoms with van der Waals surface area (Å²) in [5, 5.41) is 1.74. The van der Waals surface area contributed by atoms with Crippen LogP contribution in [0.4, 0.5) is 0 Å². The molecule has 0 saturated carbocycles. The number of rotatable bonds is 4. The molecule has 0 aromatic carbocycles. The zero-order chi connectivity index (χ0) is 11.2. The highest BCUT2D eigenvalue weighted by molar-refractivity contribution is 5.10. The minimum absolute atomic E-state index is 0.683. The molecule has 0 saturated heterocycles. The quantitative estimate of drug-likeness (QED) is 0.616. The fraction of sp³-hybridized carbons (Fsp3) is 0.167. The SMILES string of the molecule is NN(Cc1cccnc1)Cc1cccnc1. The summed E-state index contributed by atoms with van der Waals surface area (Å²) in [5.74, 6) is 5.92. The molecule has 0 spiro atoms. The number of nitrogens with two attached hydrogens (primary N) is 1. The first-order chi connectivity index (χ1) is 7.84. The van der Waals surface area contributed by atoms with Gasteiger partial charge in [0.1, 0.15) is 0 Å². The van der Waals surface area contributed by atoms with E-state index in [1.165, 1.54) is 0 Å². The van der Waals surface area contributed by atoms with Crippen LogP contribution in [0.1, 0.15) is 11.1 Å². The third-order valence-electron chi connectivity index (χ3n) is 2.22. The summed E-state index contributed by atoms with van der Waals surface area (Å²) in [4.78, 5) is 8.10. The lowest BCUT2D eigenvalue weighted by Gasteiger charge is -2.15. The number of hydrogen-bond acceptors (Lipinski definition) is 4. The van der Waals surface area contributed by atoms with E-state index in [4.69, 9.17) is 5.84 Å². The lowest BCUT2D eigenvalue weighted by molar-refractivity contribution is 0.265. The van der Waals surface area contributed by atoms with E-state index in [-0.39, 0.29) is 0 Å². The number of pyridine rings is 2. The summed E-state index contributed by atoms with van der Waals surface area (Å²) < 4.78 is 0. The maximum absolute atomic E-state index is 5.92. The first-order valence-electron chi connectivity index (χ1n) is 5.12. The van der Waals surface area contributed by atoms with Crippen LogP contribution in [-0.4, -0.2) is 15.0 Å². The first-order valence-corrected chi connectivity index (χ1v) is 5.12. The van der Waals surface area contributed by atoms with Gasteiger partial charge in [0.25, 0.3) is 0 Å². The molecule has 2 N–H and O–H groups in total. The summed E-state index contributed by atoms with van der Waals surface area (Å²) in [6.07, 6.45) is 7.16. The summed E-state index contributed by atoms with van der Waals surface area (Å²) in [6, 6.07) is 7.84. The van der Waals surface area contributed by atoms with Gasteiger partial charge in [-0.3, -0.25) is 15.8 Å². The Bertz CT molecular complexity index is 374. The fourth-order valence-corrected chi connectivity index (χ4v) is 1.51. The molecular formula is C12H14N4. The van der Waals surface area contributed by atoms with Gasteiger partial charge in [-0.2, -0.15) is 0 Å². The van der Waals surface area contributed by atoms with Crippen molar-refractivity contribution in [2.75, 3.05) is 0 Å². The van der Waals surface area contributed by atoms with E-state index in [9.17, 15) is 0 Å². The van der Waals surface area contributed by atoms with Crippen molar-refractivity contribution in [1.29, 1.82) is 0 Å². The van der Waals surface area contributed by atoms with Gasteiger partial charge in [0.2, 0.25) is 0 Å². The topological polar surface area (TPSA) is 55.0 Å². The Morgan fingerprint density at radius 2 is 1.44 bits per heavy atom. The molecule has 0 bridgehead atoms. The van der Waals surface area contributed by atoms with Crippen molar-refractivity contribution in [3.05, 3.63) is 60.2 Å². The van der Waals surface area contributed by atoms with Crippen LogP contribution in [0, 0.1) is 0 Å². The number of nitrogens with zero attached hydrogens (tertiary/aromatic N) is 3. The lowest BCUT2D eigenvalue weighted by Crippen LogP contribution is -2.29. The van der Waals surface area contributed by atoms with Gasteiger partial charge in [0, 0.05) is 37.9 Å². The van der Waals surface area contributed by atoms with Crippen LogP contribution < -0.4 is 5.84 Å². The van der Waals surface area contributed by atoms with Crippen molar-refractivity contribution in [2.24, 2.45) is 5.84 Å². The average Bonchev–Trinajstić information content (AvgIpc) is 2.31. The van der Waals surface area contributed by atoms with Crippen molar-refractivity contribution in [1.82, 2.24) is 15.0 Å². The van der Waals surface area contributed by atoms with Gasteiger partial charge in [-0.25, -0.2) is 5.01 Å². The van der Waals surface area contributed by atoms with E-state index in [1.807, 2.05) is 36.7 Å². The predicted octanol–water partition coefficient (Wildman–Crippen LogP) is 1.35. The molecule has 0 aliphatic rings. The first kappa shape index (κ1) is 10.7. The molecule has 0 atom stereocenters. The normalized spacial score (nSPS) is 10.6. The molecule has 0 aliphatic heterocycles. The van der Waals surface area contributed by atoms with Crippen molar-refractivity contribution >= 4 is 0 Å². The molecular weight excluding hydrogens is 200 g/mol. The molecule has 16 heavy (non-hydrogen) atoms. The molecule has 0 aliphatic carbocycles. The van der Waals surface area contributed by atoms with Gasteiger partial charge in [0.15, 0.2) is 0 Å². The van der Waals surface area contributed by atoms with Crippen LogP contribution in [0.3, 0.4) is 0 Å². The molecule has 2 rings (SSSR count). The number of aromatic nitrogens is 2. The Balaban J connectivity index is 1.92. The standard InChI is InChI=1S/C12H14N4/c13-16(9-11-3-1-5-14-7-11)10-12-4-2-6-15-8-12/h1-8H,9-10,13H2. The highest BCUT2D eigenvalue weighted by Gasteiger charge is 2.01. The third-order valence-corrected chi connectivity index (χ3v) is 2.22. The van der Waals surface area contributed by atoms with Crippen LogP contribution in [-0.2, 0) is 13.1 Å². The van der Waals surface area contributed by atoms with Crippen molar-refractivity contribution in [3.63, 3.8) is 0 Å². The zero-order valence-electron chi connectivity index (χ0n) is 8.95. The molecule has 0 fully saturated rings. The maximum atomic E-state index is 5.92. The molecule has 2 aromatic rings. The van der Waals surface area contributed by atoms with E-state index in [0.29, 0.717) is 13.1 Å². The second-order valence-electron chi connectivity index (χ2n) is 3.63. The van der Waals surface area contributed by atoms with Gasteiger partial charge in [0.05, 0.1) is 0 Å². The second kappa shape index (κ2) is 5.34. The van der Waals surface area contributed by atoms with Crippen molar-refractivity contribution in [3.8, 4) is 0 Å². The number of hydrazine groups is 1. The van der Waals surface area contributed by atoms with E-state index in [1.54, 1.807) is 17.4 Å². The highest BCUT2D eigenvalue weighted by atomic mass is 15.4. The summed E-state index contributed by atoms with van der Waals surface area (Å²) in [7, 11) is 0. The minimum atomic E-state index is 0.683. The number of hydrogen-bond donors (Lipinski definition) is 1. The van der Waals surface area contributed by atoms with Gasteiger partial charge >= 0.3 is 0 Å². The van der Waals surface area contributed by atoms with E-state index in [2.05, 4.69) is 9.97 Å². The smallest absolute Gasteiger partial charge is 0.0398 e. The van der Waals surface area contributed by atoms with Crippen LogP contribution in [0.2, 0.25) is 0 Å². The summed E-state index contributed by atoms with van der Waals surface area (Å²) in [6.45, 7) is 1.37. The third kappa shape index (κ3) is 3.12. The largest absolute Gasteiger partial charge is 0.268 e. The van der Waals surface area contributed by atoms with Crippen molar-refractivity contribution < 1.29 is 0 Å². The van der Waals surface area contributed by atoms with Crippen LogP contribution in [0.25, 0.3) is 0 Å². The Hall–Kier alpha value is -1.78. The van der Waals surface area contributed by atoms with Crippen molar-refractivity contribution in [2.45, 2.75) is 13.1 Å². The minimum Gasteiger partial charge on any atom is -0.268 e. The zero-order valence-corrected chi connectivity index (χ0v) is 8.95. The Morgan fingerprint density at radius 3 is 1.81 bits per heavy atom. The summed E-state index contributed by atoms with van der Waals surface area (Å²) >= 11 is 0. The van der Waals surface area contributed by atoms with Gasteiger partial charge in [-0.1, -0.05) is 12.1 Å². The Labute approximate surface area is 94.7 Å². The van der Waals surface area contributed by atoms with Crippen LogP contribution >= 0.6 is 0 Å². The lowest BCUT2D eigenvalue weighted by atomic mass is 10.2. The fourth-order valence-electron chi connectivity index (χ4n) is 1.51. The monoisotopic (exact) mass is 214 g/mol. The molecule has 4 heteroatoms. The molecule has 0 amide bonds. The molecule has 2 heterocycles. The average molecular weight is 214 g/mol. The van der Waals surface area contributed by atoms with E-state index in [0.717, 1.165) is 11.1 Å². The van der Waals surface area contributed by atoms with Gasteiger partial charge in [-0.05, 0) is 23.3 Å². The Morgan fingerprint density at radius 1 is 0.938 bits per heavy atom. The van der Waals surface area contributed by atoms with Crippen LogP contribution in [0.5, 0.6) is 0 Å². The predicted molar refractivity (Wildman–Crippen MR) is 61.9 cm³/mol. The van der Waals surface area contributed by atoms with E-state index >= 15 is 0 Å². The second-order valence-corrected chi connectivity index (χ2v) is 3.63. The maximum Gasteiger partial charge on any atom is 0.0398 e. The molecule has 2 aromatic heterocycles. The van der Waals surface area contributed by atoms with Crippen LogP contribution in [0.15, 0.2) is 49.1 Å². The highest BCUT2D eigenvalue weighted by Crippen LogP contribution is 2.04. The Kier molecular flexibility index (Phi) is 3.58. The van der Waals surface area contributed by atoms with E-state index < -0.39 is 0 Å². The molecule has 0 radical (unpaired) electrons. The molecule has 0 unspecified atom stereocenters. The molecule has 82 valence electrons.